The summed E-state index contributed by atoms with van der Waals surface area (Å²) in [6.45, 7) is 7.14. The quantitative estimate of drug-likeness (QED) is 0.757. The van der Waals surface area contributed by atoms with Gasteiger partial charge in [-0.05, 0) is 19.9 Å². The van der Waals surface area contributed by atoms with E-state index in [9.17, 15) is 14.3 Å². The molecule has 0 radical (unpaired) electrons. The van der Waals surface area contributed by atoms with Crippen molar-refractivity contribution in [1.82, 2.24) is 10.2 Å². The summed E-state index contributed by atoms with van der Waals surface area (Å²) >= 11 is 0. The van der Waals surface area contributed by atoms with Gasteiger partial charge < -0.3 is 19.9 Å². The predicted octanol–water partition coefficient (Wildman–Crippen LogP) is 0.891. The van der Waals surface area contributed by atoms with Gasteiger partial charge in [0, 0.05) is 11.9 Å². The zero-order valence-electron chi connectivity index (χ0n) is 12.5. The largest absolute Gasteiger partial charge is 0.386 e. The number of amides is 2. The van der Waals surface area contributed by atoms with Crippen LogP contribution in [0.15, 0.2) is 24.6 Å². The van der Waals surface area contributed by atoms with E-state index in [-0.39, 0.29) is 12.7 Å². The first-order valence-electron chi connectivity index (χ1n) is 6.87. The molecular formula is C15H19FN2O4. The number of carbonyl (C=O) groups excluding carboxylic acids is 1. The fraction of sp³-hybridized carbons (Fsp3) is 0.533. The van der Waals surface area contributed by atoms with Crippen molar-refractivity contribution in [3.05, 3.63) is 24.6 Å². The Balaban J connectivity index is 2.23. The number of hydrogen-bond acceptors (Lipinski definition) is 4. The van der Waals surface area contributed by atoms with Gasteiger partial charge >= 0.3 is 6.03 Å². The summed E-state index contributed by atoms with van der Waals surface area (Å²) in [6, 6.07) is -0.632. The van der Waals surface area contributed by atoms with Crippen LogP contribution in [0.5, 0.6) is 0 Å². The van der Waals surface area contributed by atoms with E-state index < -0.39 is 30.1 Å². The van der Waals surface area contributed by atoms with E-state index in [0.29, 0.717) is 5.70 Å². The molecule has 0 unspecified atom stereocenters. The Kier molecular flexibility index (Phi) is 4.56. The molecule has 2 heterocycles. The van der Waals surface area contributed by atoms with Crippen molar-refractivity contribution in [2.75, 3.05) is 6.61 Å². The van der Waals surface area contributed by atoms with Crippen molar-refractivity contribution in [2.45, 2.75) is 44.1 Å². The van der Waals surface area contributed by atoms with E-state index in [1.54, 1.807) is 13.8 Å². The van der Waals surface area contributed by atoms with Crippen molar-refractivity contribution in [2.24, 2.45) is 0 Å². The van der Waals surface area contributed by atoms with Gasteiger partial charge in [-0.15, -0.1) is 6.42 Å². The lowest BCUT2D eigenvalue weighted by atomic mass is 9.96. The van der Waals surface area contributed by atoms with Gasteiger partial charge in [0.25, 0.3) is 0 Å². The molecule has 0 saturated carbocycles. The number of rotatable bonds is 4. The van der Waals surface area contributed by atoms with Gasteiger partial charge in [-0.2, -0.15) is 0 Å². The maximum atomic E-state index is 15.0. The summed E-state index contributed by atoms with van der Waals surface area (Å²) in [5.41, 5.74) is -2.17. The molecule has 22 heavy (non-hydrogen) atoms. The van der Waals surface area contributed by atoms with Gasteiger partial charge in [0.1, 0.15) is 12.2 Å². The number of aliphatic hydroxyl groups is 1. The standard InChI is InChI=1S/C15H19FN2O4/c1-5-15(16)12(19)11(8-21-9(2)3)22-13(15)18-7-6-10(4)17-14(18)20/h1,6-7,9,11-13,19H,4,8H2,2-3H3,(H,17,20)/t11-,12-,13-,15-/m1/s1. The molecule has 0 aromatic rings. The van der Waals surface area contributed by atoms with E-state index in [1.807, 2.05) is 5.92 Å². The van der Waals surface area contributed by atoms with Crippen LogP contribution in [0.3, 0.4) is 0 Å². The van der Waals surface area contributed by atoms with Gasteiger partial charge in [0.2, 0.25) is 5.67 Å². The Morgan fingerprint density at radius 1 is 1.73 bits per heavy atom. The van der Waals surface area contributed by atoms with Crippen molar-refractivity contribution in [3.63, 3.8) is 0 Å². The summed E-state index contributed by atoms with van der Waals surface area (Å²) in [4.78, 5) is 12.9. The third-order valence-electron chi connectivity index (χ3n) is 3.45. The molecule has 7 heteroatoms. The molecule has 2 N–H and O–H groups in total. The number of allylic oxidation sites excluding steroid dienone is 1. The molecule has 6 nitrogen and oxygen atoms in total. The summed E-state index contributed by atoms with van der Waals surface area (Å²) in [5, 5.41) is 12.6. The first-order chi connectivity index (χ1) is 10.3. The van der Waals surface area contributed by atoms with Crippen LogP contribution in [0.1, 0.15) is 13.8 Å². The number of hydrogen-bond donors (Lipinski definition) is 2. The lowest BCUT2D eigenvalue weighted by molar-refractivity contribution is -0.0838. The Labute approximate surface area is 128 Å². The number of nitrogens with one attached hydrogen (secondary N) is 1. The fourth-order valence-corrected chi connectivity index (χ4v) is 2.26. The van der Waals surface area contributed by atoms with E-state index in [4.69, 9.17) is 15.9 Å². The molecule has 4 atom stereocenters. The average molecular weight is 310 g/mol. The molecule has 0 spiro atoms. The maximum Gasteiger partial charge on any atom is 0.328 e. The summed E-state index contributed by atoms with van der Waals surface area (Å²) < 4.78 is 25.8. The fourth-order valence-electron chi connectivity index (χ4n) is 2.26. The topological polar surface area (TPSA) is 71.0 Å². The van der Waals surface area contributed by atoms with Crippen LogP contribution >= 0.6 is 0 Å². The maximum absolute atomic E-state index is 15.0. The highest BCUT2D eigenvalue weighted by atomic mass is 19.1. The number of nitrogens with zero attached hydrogens (tertiary/aromatic N) is 1. The van der Waals surface area contributed by atoms with Crippen molar-refractivity contribution in [3.8, 4) is 12.3 Å². The van der Waals surface area contributed by atoms with Crippen LogP contribution in [-0.4, -0.2) is 52.9 Å². The minimum Gasteiger partial charge on any atom is -0.386 e. The molecule has 0 aromatic heterocycles. The summed E-state index contributed by atoms with van der Waals surface area (Å²) in [7, 11) is 0. The molecule has 0 aromatic carbocycles. The van der Waals surface area contributed by atoms with Crippen LogP contribution in [0.2, 0.25) is 0 Å². The van der Waals surface area contributed by atoms with Gasteiger partial charge in [0.05, 0.1) is 12.7 Å². The van der Waals surface area contributed by atoms with Gasteiger partial charge in [0.15, 0.2) is 6.23 Å². The van der Waals surface area contributed by atoms with Gasteiger partial charge in [-0.1, -0.05) is 12.5 Å². The monoisotopic (exact) mass is 310 g/mol. The third kappa shape index (κ3) is 2.86. The lowest BCUT2D eigenvalue weighted by Gasteiger charge is -2.32. The highest BCUT2D eigenvalue weighted by molar-refractivity contribution is 5.79. The second-order valence-electron chi connectivity index (χ2n) is 5.44. The number of terminal acetylenes is 1. The second-order valence-corrected chi connectivity index (χ2v) is 5.44. The average Bonchev–Trinajstić information content (AvgIpc) is 2.70. The molecule has 0 bridgehead atoms. The normalized spacial score (nSPS) is 34.9. The Morgan fingerprint density at radius 3 is 2.95 bits per heavy atom. The number of halogens is 1. The van der Waals surface area contributed by atoms with Crippen LogP contribution in [0.25, 0.3) is 0 Å². The first kappa shape index (κ1) is 16.5. The SMILES string of the molecule is C#C[C@@]1(F)[C@H](O)[C@@H](COC(C)C)O[C@H]1N1C=CC(=C)NC1=O. The van der Waals surface area contributed by atoms with Crippen LogP contribution in [0.4, 0.5) is 9.18 Å². The highest BCUT2D eigenvalue weighted by Gasteiger charge is 2.59. The summed E-state index contributed by atoms with van der Waals surface area (Å²) in [6.07, 6.45) is 3.90. The molecule has 120 valence electrons. The zero-order chi connectivity index (χ0) is 16.5. The van der Waals surface area contributed by atoms with Gasteiger partial charge in [-0.3, -0.25) is 4.90 Å². The minimum absolute atomic E-state index is 0.0332. The number of carbonyl (C=O) groups is 1. The van der Waals surface area contributed by atoms with E-state index in [1.165, 1.54) is 12.3 Å². The van der Waals surface area contributed by atoms with Crippen molar-refractivity contribution < 1.29 is 23.8 Å². The molecule has 1 saturated heterocycles. The molecule has 0 aliphatic carbocycles. The number of ether oxygens (including phenoxy) is 2. The van der Waals surface area contributed by atoms with Gasteiger partial charge in [-0.25, -0.2) is 9.18 Å². The van der Waals surface area contributed by atoms with Crippen LogP contribution in [-0.2, 0) is 9.47 Å². The molecule has 2 aliphatic rings. The third-order valence-corrected chi connectivity index (χ3v) is 3.45. The molecule has 2 amide bonds. The molecule has 2 rings (SSSR count). The number of urea groups is 1. The first-order valence-corrected chi connectivity index (χ1v) is 6.87. The molecule has 2 aliphatic heterocycles. The minimum atomic E-state index is -2.54. The Morgan fingerprint density at radius 2 is 2.41 bits per heavy atom. The Hall–Kier alpha value is -1.88. The van der Waals surface area contributed by atoms with Crippen LogP contribution < -0.4 is 5.32 Å². The second kappa shape index (κ2) is 6.08. The number of aliphatic hydroxyl groups excluding tert-OH is 1. The van der Waals surface area contributed by atoms with E-state index in [0.717, 1.165) is 4.90 Å². The van der Waals surface area contributed by atoms with Crippen molar-refractivity contribution in [1.29, 1.82) is 0 Å². The highest BCUT2D eigenvalue weighted by Crippen LogP contribution is 2.37. The Bertz CT molecular complexity index is 542. The van der Waals surface area contributed by atoms with E-state index in [2.05, 4.69) is 11.9 Å². The number of alkyl halides is 1. The lowest BCUT2D eigenvalue weighted by Crippen LogP contribution is -2.54. The molecule has 1 fully saturated rings. The summed E-state index contributed by atoms with van der Waals surface area (Å²) in [5.74, 6) is 1.91. The zero-order valence-corrected chi connectivity index (χ0v) is 12.5. The van der Waals surface area contributed by atoms with E-state index >= 15 is 0 Å². The van der Waals surface area contributed by atoms with Crippen LogP contribution in [0, 0.1) is 12.3 Å². The van der Waals surface area contributed by atoms with Crippen molar-refractivity contribution >= 4 is 6.03 Å². The molecular weight excluding hydrogens is 291 g/mol. The smallest absolute Gasteiger partial charge is 0.328 e. The predicted molar refractivity (Wildman–Crippen MR) is 77.1 cm³/mol.